The van der Waals surface area contributed by atoms with Crippen LogP contribution in [0.2, 0.25) is 0 Å². The molecule has 3 aromatic rings. The van der Waals surface area contributed by atoms with E-state index in [4.69, 9.17) is 9.15 Å². The van der Waals surface area contributed by atoms with Gasteiger partial charge in [-0.15, -0.1) is 0 Å². The average Bonchev–Trinajstić information content (AvgIpc) is 2.60. The first-order valence-corrected chi connectivity index (χ1v) is 8.29. The molecular formula is C20H18O4. The molecule has 1 fully saturated rings. The van der Waals surface area contributed by atoms with Crippen LogP contribution in [0.3, 0.4) is 0 Å². The van der Waals surface area contributed by atoms with Crippen molar-refractivity contribution in [3.8, 4) is 5.75 Å². The molecule has 122 valence electrons. The summed E-state index contributed by atoms with van der Waals surface area (Å²) in [6.07, 6.45) is 2.88. The highest BCUT2D eigenvalue weighted by Crippen LogP contribution is 2.32. The minimum absolute atomic E-state index is 0.153. The van der Waals surface area contributed by atoms with Crippen LogP contribution in [-0.4, -0.2) is 11.9 Å². The summed E-state index contributed by atoms with van der Waals surface area (Å²) in [5.74, 6) is 0.766. The van der Waals surface area contributed by atoms with Crippen molar-refractivity contribution in [2.45, 2.75) is 38.7 Å². The molecule has 1 aliphatic rings. The molecular weight excluding hydrogens is 304 g/mol. The fourth-order valence-electron chi connectivity index (χ4n) is 3.42. The number of ketones is 1. The van der Waals surface area contributed by atoms with Crippen molar-refractivity contribution in [3.05, 3.63) is 52.4 Å². The predicted octanol–water partition coefficient (Wildman–Crippen LogP) is 4.15. The van der Waals surface area contributed by atoms with Crippen molar-refractivity contribution in [2.75, 3.05) is 0 Å². The Morgan fingerprint density at radius 2 is 1.79 bits per heavy atom. The van der Waals surface area contributed by atoms with Gasteiger partial charge in [0, 0.05) is 17.4 Å². The number of carbonyl (C=O) groups is 1. The Morgan fingerprint density at radius 3 is 2.58 bits per heavy atom. The highest BCUT2D eigenvalue weighted by atomic mass is 16.5. The lowest BCUT2D eigenvalue weighted by Gasteiger charge is -2.23. The molecule has 4 rings (SSSR count). The number of fused-ring (bicyclic) bond motifs is 3. The lowest BCUT2D eigenvalue weighted by Crippen LogP contribution is -2.30. The minimum Gasteiger partial charge on any atom is -0.482 e. The van der Waals surface area contributed by atoms with Crippen LogP contribution >= 0.6 is 0 Å². The molecule has 0 N–H and O–H groups in total. The zero-order valence-corrected chi connectivity index (χ0v) is 13.5. The van der Waals surface area contributed by atoms with Gasteiger partial charge in [-0.25, -0.2) is 4.79 Å². The van der Waals surface area contributed by atoms with E-state index in [1.54, 1.807) is 6.07 Å². The minimum atomic E-state index is -0.387. The maximum Gasteiger partial charge on any atom is 0.344 e. The van der Waals surface area contributed by atoms with E-state index in [-0.39, 0.29) is 17.5 Å². The predicted molar refractivity (Wildman–Crippen MR) is 92.6 cm³/mol. The van der Waals surface area contributed by atoms with Gasteiger partial charge in [0.2, 0.25) is 0 Å². The maximum absolute atomic E-state index is 12.2. The largest absolute Gasteiger partial charge is 0.482 e. The third kappa shape index (κ3) is 2.39. The van der Waals surface area contributed by atoms with Crippen molar-refractivity contribution in [1.82, 2.24) is 0 Å². The van der Waals surface area contributed by atoms with Crippen molar-refractivity contribution < 1.29 is 13.9 Å². The number of benzene rings is 2. The summed E-state index contributed by atoms with van der Waals surface area (Å²) < 4.78 is 11.5. The molecule has 1 aliphatic carbocycles. The molecule has 4 nitrogen and oxygen atoms in total. The first-order chi connectivity index (χ1) is 11.6. The van der Waals surface area contributed by atoms with Crippen molar-refractivity contribution in [2.24, 2.45) is 0 Å². The summed E-state index contributed by atoms with van der Waals surface area (Å²) in [6, 6.07) is 11.2. The van der Waals surface area contributed by atoms with E-state index < -0.39 is 0 Å². The summed E-state index contributed by atoms with van der Waals surface area (Å²) in [7, 11) is 0. The summed E-state index contributed by atoms with van der Waals surface area (Å²) in [5.41, 5.74) is 0.931. The lowest BCUT2D eigenvalue weighted by atomic mass is 9.96. The number of carbonyl (C=O) groups excluding carboxylic acids is 1. The molecule has 24 heavy (non-hydrogen) atoms. The Kier molecular flexibility index (Phi) is 3.60. The number of hydrogen-bond donors (Lipinski definition) is 0. The second-order valence-corrected chi connectivity index (χ2v) is 6.32. The van der Waals surface area contributed by atoms with E-state index >= 15 is 0 Å². The van der Waals surface area contributed by atoms with E-state index in [9.17, 15) is 9.59 Å². The van der Waals surface area contributed by atoms with Gasteiger partial charge in [-0.2, -0.15) is 0 Å². The number of hydrogen-bond acceptors (Lipinski definition) is 4. The SMILES string of the molecule is Cc1c(O[C@@H]2CCCCC2=O)ccc2c1oc(=O)c1ccccc12. The second kappa shape index (κ2) is 5.78. The quantitative estimate of drug-likeness (QED) is 0.525. The van der Waals surface area contributed by atoms with Crippen molar-refractivity contribution in [3.63, 3.8) is 0 Å². The molecule has 0 saturated heterocycles. The fraction of sp³-hybridized carbons (Fsp3) is 0.300. The van der Waals surface area contributed by atoms with E-state index in [2.05, 4.69) is 0 Å². The van der Waals surface area contributed by atoms with Crippen LogP contribution in [0.4, 0.5) is 0 Å². The smallest absolute Gasteiger partial charge is 0.344 e. The van der Waals surface area contributed by atoms with Gasteiger partial charge in [-0.05, 0) is 49.8 Å². The van der Waals surface area contributed by atoms with Gasteiger partial charge in [-0.1, -0.05) is 18.2 Å². The van der Waals surface area contributed by atoms with Gasteiger partial charge in [0.25, 0.3) is 0 Å². The van der Waals surface area contributed by atoms with Gasteiger partial charge in [0.05, 0.1) is 5.39 Å². The van der Waals surface area contributed by atoms with Crippen LogP contribution in [0.1, 0.15) is 31.2 Å². The average molecular weight is 322 g/mol. The first-order valence-electron chi connectivity index (χ1n) is 8.29. The van der Waals surface area contributed by atoms with Crippen LogP contribution in [0, 0.1) is 6.92 Å². The molecule has 1 heterocycles. The molecule has 0 spiro atoms. The second-order valence-electron chi connectivity index (χ2n) is 6.32. The van der Waals surface area contributed by atoms with Crippen LogP contribution in [0.25, 0.3) is 21.7 Å². The van der Waals surface area contributed by atoms with E-state index in [0.717, 1.165) is 35.6 Å². The summed E-state index contributed by atoms with van der Waals surface area (Å²) in [5, 5.41) is 2.32. The standard InChI is InChI=1S/C20H18O4/c1-12-17(23-18-9-5-4-8-16(18)21)11-10-14-13-6-2-3-7-15(13)20(22)24-19(12)14/h2-3,6-7,10-11,18H,4-5,8-9H2,1H3/t18-/m1/s1. The van der Waals surface area contributed by atoms with Gasteiger partial charge in [0.1, 0.15) is 11.3 Å². The molecule has 1 aromatic heterocycles. The Bertz CT molecular complexity index is 1000. The van der Waals surface area contributed by atoms with E-state index in [0.29, 0.717) is 23.1 Å². The molecule has 0 amide bonds. The van der Waals surface area contributed by atoms with Crippen LogP contribution in [0.15, 0.2) is 45.6 Å². The normalized spacial score (nSPS) is 18.2. The van der Waals surface area contributed by atoms with E-state index in [1.807, 2.05) is 37.3 Å². The summed E-state index contributed by atoms with van der Waals surface area (Å²) >= 11 is 0. The van der Waals surface area contributed by atoms with Crippen LogP contribution < -0.4 is 10.4 Å². The first kappa shape index (κ1) is 14.9. The highest BCUT2D eigenvalue weighted by molar-refractivity contribution is 6.05. The Hall–Kier alpha value is -2.62. The van der Waals surface area contributed by atoms with Gasteiger partial charge >= 0.3 is 5.63 Å². The molecule has 2 aromatic carbocycles. The highest BCUT2D eigenvalue weighted by Gasteiger charge is 2.25. The zero-order chi connectivity index (χ0) is 16.7. The van der Waals surface area contributed by atoms with E-state index in [1.165, 1.54) is 0 Å². The molecule has 1 saturated carbocycles. The fourth-order valence-corrected chi connectivity index (χ4v) is 3.42. The maximum atomic E-state index is 12.2. The monoisotopic (exact) mass is 322 g/mol. The Balaban J connectivity index is 1.84. The molecule has 0 bridgehead atoms. The lowest BCUT2D eigenvalue weighted by molar-refractivity contribution is -0.127. The number of aryl methyl sites for hydroxylation is 1. The van der Waals surface area contributed by atoms with Gasteiger partial charge < -0.3 is 9.15 Å². The number of ether oxygens (including phenoxy) is 1. The topological polar surface area (TPSA) is 56.5 Å². The summed E-state index contributed by atoms with van der Waals surface area (Å²) in [6.45, 7) is 1.86. The Morgan fingerprint density at radius 1 is 1.00 bits per heavy atom. The van der Waals surface area contributed by atoms with Gasteiger partial charge in [-0.3, -0.25) is 4.79 Å². The van der Waals surface area contributed by atoms with Crippen LogP contribution in [-0.2, 0) is 4.79 Å². The molecule has 4 heteroatoms. The van der Waals surface area contributed by atoms with Crippen LogP contribution in [0.5, 0.6) is 5.75 Å². The third-order valence-corrected chi connectivity index (χ3v) is 4.76. The third-order valence-electron chi connectivity index (χ3n) is 4.76. The molecule has 0 aliphatic heterocycles. The number of Topliss-reactive ketones (excluding diaryl/α,β-unsaturated/α-hetero) is 1. The Labute approximate surface area is 139 Å². The van der Waals surface area contributed by atoms with Crippen molar-refractivity contribution in [1.29, 1.82) is 0 Å². The zero-order valence-electron chi connectivity index (χ0n) is 13.5. The summed E-state index contributed by atoms with van der Waals surface area (Å²) in [4.78, 5) is 24.2. The molecule has 0 unspecified atom stereocenters. The van der Waals surface area contributed by atoms with Gasteiger partial charge in [0.15, 0.2) is 11.9 Å². The number of rotatable bonds is 2. The molecule has 0 radical (unpaired) electrons. The van der Waals surface area contributed by atoms with Crippen molar-refractivity contribution >= 4 is 27.5 Å². The molecule has 1 atom stereocenters.